The normalized spacial score (nSPS) is 27.8. The largest absolute Gasteiger partial charge is 0.448 e. The number of anilines is 1. The number of fused-ring (bicyclic) bond motifs is 1. The van der Waals surface area contributed by atoms with Crippen molar-refractivity contribution in [1.82, 2.24) is 0 Å². The molecular formula is C9H11NOS. The summed E-state index contributed by atoms with van der Waals surface area (Å²) in [6.45, 7) is 1.08. The lowest BCUT2D eigenvalue weighted by molar-refractivity contribution is 0.569. The van der Waals surface area contributed by atoms with Gasteiger partial charge in [0, 0.05) is 11.8 Å². The minimum atomic E-state index is 0.787. The van der Waals surface area contributed by atoms with Crippen LogP contribution in [0.15, 0.2) is 21.6 Å². The lowest BCUT2D eigenvalue weighted by atomic mass is 10.3. The maximum atomic E-state index is 5.27. The zero-order valence-corrected chi connectivity index (χ0v) is 7.56. The van der Waals surface area contributed by atoms with Crippen LogP contribution in [-0.4, -0.2) is 11.8 Å². The Bertz CT molecular complexity index is 292. The molecule has 0 spiro atoms. The maximum absolute atomic E-state index is 5.27. The van der Waals surface area contributed by atoms with Crippen LogP contribution in [0, 0.1) is 5.92 Å². The predicted molar refractivity (Wildman–Crippen MR) is 49.6 cm³/mol. The van der Waals surface area contributed by atoms with Gasteiger partial charge in [0.1, 0.15) is 0 Å². The molecule has 2 heterocycles. The standard InChI is InChI=1S/C9H11NOS/c1-2-6(1)8-5-10-9-7(12-8)3-4-11-9/h3-4,6,8,10H,1-2,5H2. The van der Waals surface area contributed by atoms with Gasteiger partial charge in [-0.1, -0.05) is 0 Å². The average molecular weight is 181 g/mol. The Hall–Kier alpha value is -0.570. The third-order valence-corrected chi connectivity index (χ3v) is 3.95. The van der Waals surface area contributed by atoms with Gasteiger partial charge in [0.25, 0.3) is 0 Å². The second-order valence-electron chi connectivity index (χ2n) is 3.49. The lowest BCUT2D eigenvalue weighted by Crippen LogP contribution is -2.22. The van der Waals surface area contributed by atoms with Crippen LogP contribution in [0.2, 0.25) is 0 Å². The summed E-state index contributed by atoms with van der Waals surface area (Å²) >= 11 is 1.98. The summed E-state index contributed by atoms with van der Waals surface area (Å²) in [6, 6.07) is 2.06. The molecule has 0 bridgehead atoms. The SMILES string of the molecule is c1cc2c(o1)NCC(C1CC1)S2. The van der Waals surface area contributed by atoms with E-state index in [-0.39, 0.29) is 0 Å². The smallest absolute Gasteiger partial charge is 0.206 e. The Morgan fingerprint density at radius 3 is 3.25 bits per heavy atom. The molecule has 1 aromatic heterocycles. The fourth-order valence-corrected chi connectivity index (χ4v) is 2.97. The van der Waals surface area contributed by atoms with E-state index < -0.39 is 0 Å². The van der Waals surface area contributed by atoms with Crippen LogP contribution in [0.1, 0.15) is 12.8 Å². The third kappa shape index (κ3) is 1.04. The highest BCUT2D eigenvalue weighted by Gasteiger charge is 2.34. The van der Waals surface area contributed by atoms with Gasteiger partial charge in [0.15, 0.2) is 0 Å². The monoisotopic (exact) mass is 181 g/mol. The van der Waals surface area contributed by atoms with Crippen LogP contribution in [0.25, 0.3) is 0 Å². The van der Waals surface area contributed by atoms with E-state index in [1.165, 1.54) is 17.7 Å². The first-order valence-corrected chi connectivity index (χ1v) is 5.29. The molecule has 0 saturated heterocycles. The van der Waals surface area contributed by atoms with Crippen LogP contribution >= 0.6 is 11.8 Å². The fourth-order valence-electron chi connectivity index (χ4n) is 1.65. The van der Waals surface area contributed by atoms with Gasteiger partial charge in [-0.2, -0.15) is 0 Å². The number of rotatable bonds is 1. The maximum Gasteiger partial charge on any atom is 0.206 e. The Balaban J connectivity index is 1.83. The van der Waals surface area contributed by atoms with Crippen LogP contribution < -0.4 is 5.32 Å². The summed E-state index contributed by atoms with van der Waals surface area (Å²) in [7, 11) is 0. The third-order valence-electron chi connectivity index (χ3n) is 2.52. The molecule has 1 atom stereocenters. The lowest BCUT2D eigenvalue weighted by Gasteiger charge is -2.21. The Morgan fingerprint density at radius 2 is 2.42 bits per heavy atom. The highest BCUT2D eigenvalue weighted by molar-refractivity contribution is 8.00. The predicted octanol–water partition coefficient (Wildman–Crippen LogP) is 2.58. The molecule has 3 rings (SSSR count). The van der Waals surface area contributed by atoms with Crippen molar-refractivity contribution in [3.05, 3.63) is 12.3 Å². The number of hydrogen-bond donors (Lipinski definition) is 1. The number of thioether (sulfide) groups is 1. The van der Waals surface area contributed by atoms with Crippen LogP contribution in [0.4, 0.5) is 5.88 Å². The summed E-state index contributed by atoms with van der Waals surface area (Å²) in [5.41, 5.74) is 0. The van der Waals surface area contributed by atoms with Crippen molar-refractivity contribution in [3.8, 4) is 0 Å². The van der Waals surface area contributed by atoms with E-state index in [9.17, 15) is 0 Å². The van der Waals surface area contributed by atoms with Gasteiger partial charge in [-0.05, 0) is 24.8 Å². The Morgan fingerprint density at radius 1 is 1.50 bits per heavy atom. The molecule has 0 amide bonds. The molecule has 2 nitrogen and oxygen atoms in total. The zero-order chi connectivity index (χ0) is 7.97. The van der Waals surface area contributed by atoms with E-state index in [1.54, 1.807) is 6.26 Å². The fraction of sp³-hybridized carbons (Fsp3) is 0.556. The molecular weight excluding hydrogens is 170 g/mol. The van der Waals surface area contributed by atoms with Gasteiger partial charge in [0.2, 0.25) is 5.88 Å². The summed E-state index contributed by atoms with van der Waals surface area (Å²) in [6.07, 6.45) is 4.61. The van der Waals surface area contributed by atoms with E-state index in [1.807, 2.05) is 11.8 Å². The van der Waals surface area contributed by atoms with Crippen LogP contribution in [0.3, 0.4) is 0 Å². The van der Waals surface area contributed by atoms with E-state index >= 15 is 0 Å². The zero-order valence-electron chi connectivity index (χ0n) is 6.75. The molecule has 0 aromatic carbocycles. The van der Waals surface area contributed by atoms with Gasteiger partial charge in [-0.3, -0.25) is 0 Å². The van der Waals surface area contributed by atoms with Crippen molar-refractivity contribution < 1.29 is 4.42 Å². The molecule has 2 aliphatic rings. The molecule has 1 unspecified atom stereocenters. The highest BCUT2D eigenvalue weighted by Crippen LogP contribution is 2.46. The molecule has 1 aliphatic carbocycles. The Labute approximate surface area is 75.7 Å². The molecule has 1 saturated carbocycles. The summed E-state index contributed by atoms with van der Waals surface area (Å²) in [5, 5.41) is 4.11. The molecule has 3 heteroatoms. The molecule has 1 aliphatic heterocycles. The minimum absolute atomic E-state index is 0.787. The average Bonchev–Trinajstić information content (AvgIpc) is 2.84. The van der Waals surface area contributed by atoms with Gasteiger partial charge < -0.3 is 9.73 Å². The quantitative estimate of drug-likeness (QED) is 0.721. The van der Waals surface area contributed by atoms with E-state index in [0.29, 0.717) is 0 Å². The van der Waals surface area contributed by atoms with Crippen LogP contribution in [0.5, 0.6) is 0 Å². The van der Waals surface area contributed by atoms with Crippen molar-refractivity contribution in [3.63, 3.8) is 0 Å². The summed E-state index contributed by atoms with van der Waals surface area (Å²) < 4.78 is 5.27. The number of nitrogens with one attached hydrogen (secondary N) is 1. The van der Waals surface area contributed by atoms with Gasteiger partial charge in [-0.25, -0.2) is 0 Å². The van der Waals surface area contributed by atoms with E-state index in [2.05, 4.69) is 11.4 Å². The molecule has 1 aromatic rings. The first kappa shape index (κ1) is 6.89. The van der Waals surface area contributed by atoms with Crippen molar-refractivity contribution in [2.45, 2.75) is 23.0 Å². The number of furan rings is 1. The number of hydrogen-bond acceptors (Lipinski definition) is 3. The van der Waals surface area contributed by atoms with Gasteiger partial charge in [0.05, 0.1) is 11.2 Å². The van der Waals surface area contributed by atoms with Gasteiger partial charge in [-0.15, -0.1) is 11.8 Å². The van der Waals surface area contributed by atoms with E-state index in [4.69, 9.17) is 4.42 Å². The second kappa shape index (κ2) is 2.46. The van der Waals surface area contributed by atoms with Crippen LogP contribution in [-0.2, 0) is 0 Å². The first-order valence-electron chi connectivity index (χ1n) is 4.41. The summed E-state index contributed by atoms with van der Waals surface area (Å²) in [4.78, 5) is 1.29. The van der Waals surface area contributed by atoms with Gasteiger partial charge >= 0.3 is 0 Å². The minimum Gasteiger partial charge on any atom is -0.448 e. The second-order valence-corrected chi connectivity index (χ2v) is 4.77. The first-order chi connectivity index (χ1) is 5.93. The molecule has 1 N–H and O–H groups in total. The molecule has 64 valence electrons. The Kier molecular flexibility index (Phi) is 1.41. The van der Waals surface area contributed by atoms with E-state index in [0.717, 1.165) is 23.6 Å². The van der Waals surface area contributed by atoms with Crippen molar-refractivity contribution in [2.24, 2.45) is 5.92 Å². The molecule has 12 heavy (non-hydrogen) atoms. The highest BCUT2D eigenvalue weighted by atomic mass is 32.2. The summed E-state index contributed by atoms with van der Waals surface area (Å²) in [5.74, 6) is 1.93. The van der Waals surface area contributed by atoms with Crippen molar-refractivity contribution in [1.29, 1.82) is 0 Å². The van der Waals surface area contributed by atoms with Crippen molar-refractivity contribution >= 4 is 17.6 Å². The molecule has 0 radical (unpaired) electrons. The van der Waals surface area contributed by atoms with Crippen molar-refractivity contribution in [2.75, 3.05) is 11.9 Å². The topological polar surface area (TPSA) is 25.2 Å². The molecule has 1 fully saturated rings.